The third-order valence-electron chi connectivity index (χ3n) is 1.83. The number of hydrogen-bond acceptors (Lipinski definition) is 3. The van der Waals surface area contributed by atoms with Crippen molar-refractivity contribution in [1.29, 1.82) is 0 Å². The maximum atomic E-state index is 11.8. The smallest absolute Gasteiger partial charge is 0.410 e. The Morgan fingerprint density at radius 2 is 1.87 bits per heavy atom. The van der Waals surface area contributed by atoms with Crippen LogP contribution in [0.4, 0.5) is 4.79 Å². The molecule has 0 heterocycles. The third kappa shape index (κ3) is 4.66. The summed E-state index contributed by atoms with van der Waals surface area (Å²) in [7, 11) is 3.35. The molecule has 0 aliphatic carbocycles. The number of rotatable bonds is 3. The molecule has 0 unspecified atom stereocenters. The van der Waals surface area contributed by atoms with Crippen LogP contribution in [0, 0.1) is 0 Å². The number of carbonyl (C=O) groups excluding carboxylic acids is 1. The summed E-state index contributed by atoms with van der Waals surface area (Å²) in [5.41, 5.74) is -0.526. The van der Waals surface area contributed by atoms with E-state index in [9.17, 15) is 4.79 Å². The van der Waals surface area contributed by atoms with Crippen molar-refractivity contribution >= 4 is 16.3 Å². The standard InChI is InChI=1S/C10H20NO3Si/c1-6-11(10(5,15)7-12)8(13)14-9(2,3)4/h12H,6-7H2,1-5H3/t10-/m0/s1. The lowest BCUT2D eigenvalue weighted by atomic mass is 10.2. The summed E-state index contributed by atoms with van der Waals surface area (Å²) in [4.78, 5) is 13.2. The van der Waals surface area contributed by atoms with Gasteiger partial charge in [0.2, 0.25) is 0 Å². The summed E-state index contributed by atoms with van der Waals surface area (Å²) >= 11 is 0. The van der Waals surface area contributed by atoms with Crippen molar-refractivity contribution in [3.8, 4) is 0 Å². The first-order chi connectivity index (χ1) is 6.64. The molecule has 1 amide bonds. The molecule has 4 nitrogen and oxygen atoms in total. The quantitative estimate of drug-likeness (QED) is 0.739. The van der Waals surface area contributed by atoms with Crippen LogP contribution < -0.4 is 0 Å². The van der Waals surface area contributed by atoms with E-state index in [1.165, 1.54) is 4.90 Å². The molecule has 1 N–H and O–H groups in total. The Labute approximate surface area is 95.0 Å². The number of ether oxygens (including phenoxy) is 1. The van der Waals surface area contributed by atoms with Crippen molar-refractivity contribution in [3.05, 3.63) is 0 Å². The molecular formula is C10H20NO3Si. The van der Waals surface area contributed by atoms with Gasteiger partial charge in [-0.3, -0.25) is 0 Å². The van der Waals surface area contributed by atoms with Gasteiger partial charge >= 0.3 is 6.09 Å². The molecule has 0 rings (SSSR count). The van der Waals surface area contributed by atoms with Gasteiger partial charge in [0.15, 0.2) is 0 Å². The Kier molecular flexibility index (Phi) is 4.80. The Hall–Kier alpha value is -0.553. The van der Waals surface area contributed by atoms with E-state index in [4.69, 9.17) is 9.84 Å². The number of likely N-dealkylation sites (N-methyl/N-ethyl adjacent to an activating group) is 1. The molecule has 87 valence electrons. The molecule has 0 aromatic heterocycles. The first-order valence-electron chi connectivity index (χ1n) is 5.00. The summed E-state index contributed by atoms with van der Waals surface area (Å²) in [6.07, 6.45) is -0.434. The number of nitrogens with zero attached hydrogens (tertiary/aromatic N) is 1. The van der Waals surface area contributed by atoms with E-state index < -0.39 is 16.9 Å². The highest BCUT2D eigenvalue weighted by Crippen LogP contribution is 2.16. The van der Waals surface area contributed by atoms with Gasteiger partial charge in [0.05, 0.1) is 16.8 Å². The fourth-order valence-electron chi connectivity index (χ4n) is 1.08. The Morgan fingerprint density at radius 1 is 1.40 bits per heavy atom. The van der Waals surface area contributed by atoms with Crippen LogP contribution in [0.25, 0.3) is 0 Å². The fourth-order valence-corrected chi connectivity index (χ4v) is 1.33. The molecule has 3 radical (unpaired) electrons. The highest BCUT2D eigenvalue weighted by atomic mass is 28.1. The topological polar surface area (TPSA) is 49.8 Å². The second-order valence-electron chi connectivity index (χ2n) is 4.66. The highest BCUT2D eigenvalue weighted by molar-refractivity contribution is 6.16. The minimum absolute atomic E-state index is 0.170. The van der Waals surface area contributed by atoms with Crippen LogP contribution in [0.5, 0.6) is 0 Å². The van der Waals surface area contributed by atoms with E-state index in [-0.39, 0.29) is 6.61 Å². The number of aliphatic hydroxyl groups excluding tert-OH is 1. The largest absolute Gasteiger partial charge is 0.444 e. The second-order valence-corrected chi connectivity index (χ2v) is 5.73. The van der Waals surface area contributed by atoms with Crippen molar-refractivity contribution < 1.29 is 14.6 Å². The first-order valence-corrected chi connectivity index (χ1v) is 5.50. The van der Waals surface area contributed by atoms with E-state index in [0.717, 1.165) is 0 Å². The lowest BCUT2D eigenvalue weighted by Gasteiger charge is -2.37. The highest BCUT2D eigenvalue weighted by Gasteiger charge is 2.32. The summed E-state index contributed by atoms with van der Waals surface area (Å²) in [5.74, 6) is 0. The molecular weight excluding hydrogens is 210 g/mol. The van der Waals surface area contributed by atoms with Gasteiger partial charge in [0.25, 0.3) is 0 Å². The van der Waals surface area contributed by atoms with Crippen molar-refractivity contribution in [2.24, 2.45) is 0 Å². The van der Waals surface area contributed by atoms with Crippen molar-refractivity contribution in [2.45, 2.75) is 45.4 Å². The Morgan fingerprint density at radius 3 is 2.13 bits per heavy atom. The SMILES string of the molecule is CCN(C(=O)OC(C)(C)C)[C@@](C)([Si])CO. The summed E-state index contributed by atoms with van der Waals surface area (Å²) < 4.78 is 5.22. The summed E-state index contributed by atoms with van der Waals surface area (Å²) in [6.45, 7) is 9.27. The molecule has 0 aromatic rings. The number of amides is 1. The van der Waals surface area contributed by atoms with E-state index in [1.807, 2.05) is 27.7 Å². The number of hydrogen-bond donors (Lipinski definition) is 1. The predicted octanol–water partition coefficient (Wildman–Crippen LogP) is 1.12. The van der Waals surface area contributed by atoms with Crippen LogP contribution in [0.2, 0.25) is 0 Å². The molecule has 5 heteroatoms. The van der Waals surface area contributed by atoms with Crippen LogP contribution in [-0.2, 0) is 4.74 Å². The van der Waals surface area contributed by atoms with E-state index in [0.29, 0.717) is 6.54 Å². The minimum atomic E-state index is -0.781. The van der Waals surface area contributed by atoms with Gasteiger partial charge in [-0.1, -0.05) is 0 Å². The monoisotopic (exact) mass is 230 g/mol. The molecule has 0 saturated carbocycles. The zero-order valence-electron chi connectivity index (χ0n) is 10.1. The van der Waals surface area contributed by atoms with Gasteiger partial charge in [-0.2, -0.15) is 0 Å². The average molecular weight is 230 g/mol. The second kappa shape index (κ2) is 4.98. The van der Waals surface area contributed by atoms with Crippen molar-refractivity contribution in [2.75, 3.05) is 13.2 Å². The number of aliphatic hydroxyl groups is 1. The zero-order chi connectivity index (χ0) is 12.3. The van der Waals surface area contributed by atoms with Gasteiger partial charge in [0, 0.05) is 11.7 Å². The lowest BCUT2D eigenvalue weighted by molar-refractivity contribution is 0.00620. The normalized spacial score (nSPS) is 15.7. The van der Waals surface area contributed by atoms with Crippen LogP contribution in [-0.4, -0.2) is 50.3 Å². The molecule has 0 saturated heterocycles. The summed E-state index contributed by atoms with van der Waals surface area (Å²) in [5, 5.41) is 8.36. The lowest BCUT2D eigenvalue weighted by Crippen LogP contribution is -2.54. The van der Waals surface area contributed by atoms with Gasteiger partial charge in [0.1, 0.15) is 5.60 Å². The molecule has 15 heavy (non-hydrogen) atoms. The molecule has 0 bridgehead atoms. The molecule has 0 fully saturated rings. The van der Waals surface area contributed by atoms with Crippen LogP contribution >= 0.6 is 0 Å². The van der Waals surface area contributed by atoms with Crippen LogP contribution in [0.3, 0.4) is 0 Å². The Bertz CT molecular complexity index is 223. The molecule has 0 spiro atoms. The maximum Gasteiger partial charge on any atom is 0.410 e. The first kappa shape index (κ1) is 14.4. The minimum Gasteiger partial charge on any atom is -0.444 e. The average Bonchev–Trinajstić information content (AvgIpc) is 2.01. The summed E-state index contributed by atoms with van der Waals surface area (Å²) in [6, 6.07) is 0. The van der Waals surface area contributed by atoms with Gasteiger partial charge < -0.3 is 14.7 Å². The maximum absolute atomic E-state index is 11.8. The Balaban J connectivity index is 4.63. The van der Waals surface area contributed by atoms with E-state index in [1.54, 1.807) is 6.92 Å². The van der Waals surface area contributed by atoms with E-state index >= 15 is 0 Å². The molecule has 1 atom stereocenters. The predicted molar refractivity (Wildman–Crippen MR) is 59.9 cm³/mol. The zero-order valence-corrected chi connectivity index (χ0v) is 11.1. The third-order valence-corrected chi connectivity index (χ3v) is 2.26. The van der Waals surface area contributed by atoms with E-state index in [2.05, 4.69) is 10.2 Å². The molecule has 0 aliphatic rings. The molecule has 0 aromatic carbocycles. The number of carbonyl (C=O) groups is 1. The van der Waals surface area contributed by atoms with Crippen molar-refractivity contribution in [3.63, 3.8) is 0 Å². The van der Waals surface area contributed by atoms with Crippen molar-refractivity contribution in [1.82, 2.24) is 4.90 Å². The van der Waals surface area contributed by atoms with Gasteiger partial charge in [-0.25, -0.2) is 4.79 Å². The fraction of sp³-hybridized carbons (Fsp3) is 0.900. The van der Waals surface area contributed by atoms with Gasteiger partial charge in [-0.05, 0) is 34.6 Å². The van der Waals surface area contributed by atoms with Crippen LogP contribution in [0.15, 0.2) is 0 Å². The molecule has 0 aliphatic heterocycles. The van der Waals surface area contributed by atoms with Crippen LogP contribution in [0.1, 0.15) is 34.6 Å². The van der Waals surface area contributed by atoms with Gasteiger partial charge in [-0.15, -0.1) is 0 Å².